The van der Waals surface area contributed by atoms with Gasteiger partial charge in [-0.15, -0.1) is 0 Å². The molecule has 0 N–H and O–H groups in total. The topological polar surface area (TPSA) is 44.8 Å². The molecule has 0 unspecified atom stereocenters. The minimum atomic E-state index is -5.94. The number of halogens is 5. The Morgan fingerprint density at radius 3 is 2.04 bits per heavy atom. The molecule has 0 aromatic rings. The van der Waals surface area contributed by atoms with Crippen molar-refractivity contribution in [1.82, 2.24) is 0 Å². The molecule has 2 fully saturated rings. The average molecular weight is 360 g/mol. The highest BCUT2D eigenvalue weighted by atomic mass is 19.4. The van der Waals surface area contributed by atoms with Crippen LogP contribution < -0.4 is 0 Å². The first-order valence-corrected chi connectivity index (χ1v) is 8.04. The third-order valence-corrected chi connectivity index (χ3v) is 4.56. The predicted molar refractivity (Wildman–Crippen MR) is 72.3 cm³/mol. The first-order valence-electron chi connectivity index (χ1n) is 8.04. The summed E-state index contributed by atoms with van der Waals surface area (Å²) < 4.78 is 77.8. The minimum Gasteiger partial charge on any atom is -0.458 e. The second-order valence-electron chi connectivity index (χ2n) is 6.32. The van der Waals surface area contributed by atoms with Crippen LogP contribution in [0.1, 0.15) is 39.0 Å². The monoisotopic (exact) mass is 360 g/mol. The molecule has 0 aromatic carbocycles. The third-order valence-electron chi connectivity index (χ3n) is 4.56. The van der Waals surface area contributed by atoms with E-state index >= 15 is 0 Å². The summed E-state index contributed by atoms with van der Waals surface area (Å²) in [7, 11) is 0. The maximum absolute atomic E-state index is 12.9. The van der Waals surface area contributed by atoms with Crippen LogP contribution in [0.3, 0.4) is 0 Å². The van der Waals surface area contributed by atoms with Crippen molar-refractivity contribution in [3.63, 3.8) is 0 Å². The zero-order chi connectivity index (χ0) is 18.0. The molecule has 0 atom stereocenters. The van der Waals surface area contributed by atoms with Crippen molar-refractivity contribution in [2.75, 3.05) is 13.2 Å². The van der Waals surface area contributed by atoms with Crippen molar-refractivity contribution in [3.8, 4) is 0 Å². The van der Waals surface area contributed by atoms with Gasteiger partial charge in [-0.2, -0.15) is 22.0 Å². The number of esters is 1. The van der Waals surface area contributed by atoms with Crippen LogP contribution in [-0.4, -0.2) is 43.7 Å². The molecule has 1 saturated heterocycles. The molecule has 2 rings (SSSR count). The molecule has 1 heterocycles. The molecule has 2 aliphatic rings. The molecule has 9 heteroatoms. The molecule has 1 aliphatic heterocycles. The van der Waals surface area contributed by atoms with Crippen LogP contribution in [0.2, 0.25) is 0 Å². The van der Waals surface area contributed by atoms with Gasteiger partial charge in [0.2, 0.25) is 0 Å². The van der Waals surface area contributed by atoms with Crippen molar-refractivity contribution in [3.05, 3.63) is 0 Å². The summed E-state index contributed by atoms with van der Waals surface area (Å²) in [4.78, 5) is 11.1. The van der Waals surface area contributed by atoms with Gasteiger partial charge in [0.05, 0.1) is 13.2 Å². The van der Waals surface area contributed by atoms with Crippen molar-refractivity contribution in [1.29, 1.82) is 0 Å². The Bertz CT molecular complexity index is 424. The number of carbonyl (C=O) groups is 1. The Balaban J connectivity index is 1.78. The molecule has 0 bridgehead atoms. The predicted octanol–water partition coefficient (Wildman–Crippen LogP) is 3.69. The molecule has 0 amide bonds. The molecule has 24 heavy (non-hydrogen) atoms. The molecule has 0 radical (unpaired) electrons. The van der Waals surface area contributed by atoms with E-state index in [9.17, 15) is 26.7 Å². The third kappa shape index (κ3) is 4.36. The van der Waals surface area contributed by atoms with Crippen LogP contribution in [0.15, 0.2) is 0 Å². The van der Waals surface area contributed by atoms with Crippen LogP contribution in [0.25, 0.3) is 0 Å². The lowest BCUT2D eigenvalue weighted by atomic mass is 9.86. The van der Waals surface area contributed by atoms with Crippen molar-refractivity contribution < 1.29 is 41.0 Å². The Labute approximate surface area is 136 Å². The summed E-state index contributed by atoms with van der Waals surface area (Å²) in [6.45, 7) is 3.22. The Morgan fingerprint density at radius 2 is 1.58 bits per heavy atom. The van der Waals surface area contributed by atoms with Gasteiger partial charge in [0, 0.05) is 11.8 Å². The summed E-state index contributed by atoms with van der Waals surface area (Å²) in [5.41, 5.74) is 0. The summed E-state index contributed by atoms with van der Waals surface area (Å²) in [5, 5.41) is 0. The normalized spacial score (nSPS) is 32.4. The average Bonchev–Trinajstić information content (AvgIpc) is 2.54. The largest absolute Gasteiger partial charge is 0.465 e. The van der Waals surface area contributed by atoms with Gasteiger partial charge in [0.25, 0.3) is 0 Å². The van der Waals surface area contributed by atoms with Gasteiger partial charge in [-0.3, -0.25) is 0 Å². The summed E-state index contributed by atoms with van der Waals surface area (Å²) >= 11 is 0. The maximum Gasteiger partial charge on any atom is 0.465 e. The summed E-state index contributed by atoms with van der Waals surface area (Å²) in [6, 6.07) is 0. The molecule has 140 valence electrons. The minimum absolute atomic E-state index is 0.0286. The van der Waals surface area contributed by atoms with Crippen LogP contribution >= 0.6 is 0 Å². The number of rotatable bonds is 4. The zero-order valence-corrected chi connectivity index (χ0v) is 13.3. The van der Waals surface area contributed by atoms with Crippen LogP contribution in [0, 0.1) is 11.8 Å². The lowest BCUT2D eigenvalue weighted by molar-refractivity contribution is -0.283. The highest BCUT2D eigenvalue weighted by molar-refractivity contribution is 5.78. The standard InChI is InChI=1S/C15H21F5O4/c1-2-9-7-22-12(23-8-9)10-3-5-11(6-4-10)24-13(21)14(16,17)15(18,19)20/h9-12H,2-8H2,1H3. The highest BCUT2D eigenvalue weighted by Gasteiger charge is 2.65. The first kappa shape index (κ1) is 19.4. The van der Waals surface area contributed by atoms with Gasteiger partial charge < -0.3 is 14.2 Å². The molecule has 0 spiro atoms. The number of hydrogen-bond donors (Lipinski definition) is 0. The zero-order valence-electron chi connectivity index (χ0n) is 13.3. The van der Waals surface area contributed by atoms with E-state index in [4.69, 9.17) is 9.47 Å². The van der Waals surface area contributed by atoms with Gasteiger partial charge in [0.1, 0.15) is 6.10 Å². The van der Waals surface area contributed by atoms with E-state index in [1.165, 1.54) is 0 Å². The van der Waals surface area contributed by atoms with Gasteiger partial charge in [-0.05, 0) is 32.1 Å². The maximum atomic E-state index is 12.9. The van der Waals surface area contributed by atoms with E-state index in [1.807, 2.05) is 6.92 Å². The van der Waals surface area contributed by atoms with Crippen LogP contribution in [0.5, 0.6) is 0 Å². The summed E-state index contributed by atoms with van der Waals surface area (Å²) in [5.74, 6) is -7.63. The van der Waals surface area contributed by atoms with E-state index in [0.717, 1.165) is 6.42 Å². The highest BCUT2D eigenvalue weighted by Crippen LogP contribution is 2.38. The quantitative estimate of drug-likeness (QED) is 0.567. The summed E-state index contributed by atoms with van der Waals surface area (Å²) in [6.07, 6.45) is -4.93. The van der Waals surface area contributed by atoms with Gasteiger partial charge in [-0.25, -0.2) is 4.79 Å². The fourth-order valence-electron chi connectivity index (χ4n) is 2.89. The second-order valence-corrected chi connectivity index (χ2v) is 6.32. The van der Waals surface area contributed by atoms with Crippen LogP contribution in [0.4, 0.5) is 22.0 Å². The lowest BCUT2D eigenvalue weighted by Gasteiger charge is -2.37. The van der Waals surface area contributed by atoms with Crippen molar-refractivity contribution in [2.45, 2.75) is 63.5 Å². The van der Waals surface area contributed by atoms with E-state index in [-0.39, 0.29) is 25.0 Å². The van der Waals surface area contributed by atoms with E-state index in [0.29, 0.717) is 32.0 Å². The molecular weight excluding hydrogens is 339 g/mol. The first-order chi connectivity index (χ1) is 11.1. The molecular formula is C15H21F5O4. The van der Waals surface area contributed by atoms with Gasteiger partial charge in [-0.1, -0.05) is 6.92 Å². The Morgan fingerprint density at radius 1 is 1.04 bits per heavy atom. The Hall–Kier alpha value is -0.960. The number of alkyl halides is 5. The fourth-order valence-corrected chi connectivity index (χ4v) is 2.89. The fraction of sp³-hybridized carbons (Fsp3) is 0.933. The SMILES string of the molecule is CCC1COC(C2CCC(OC(=O)C(F)(F)C(F)(F)F)CC2)OC1. The van der Waals surface area contributed by atoms with Gasteiger partial charge >= 0.3 is 18.1 Å². The van der Waals surface area contributed by atoms with Crippen LogP contribution in [-0.2, 0) is 19.0 Å². The van der Waals surface area contributed by atoms with E-state index in [2.05, 4.69) is 4.74 Å². The van der Waals surface area contributed by atoms with Gasteiger partial charge in [0.15, 0.2) is 6.29 Å². The molecule has 0 aromatic heterocycles. The smallest absolute Gasteiger partial charge is 0.458 e. The molecule has 1 aliphatic carbocycles. The lowest BCUT2D eigenvalue weighted by Crippen LogP contribution is -2.47. The Kier molecular flexibility index (Phi) is 6.06. The number of carbonyl (C=O) groups excluding carboxylic acids is 1. The second kappa shape index (κ2) is 7.51. The van der Waals surface area contributed by atoms with E-state index < -0.39 is 24.2 Å². The molecule has 4 nitrogen and oxygen atoms in total. The van der Waals surface area contributed by atoms with Crippen molar-refractivity contribution in [2.24, 2.45) is 11.8 Å². The number of ether oxygens (including phenoxy) is 3. The van der Waals surface area contributed by atoms with E-state index in [1.54, 1.807) is 0 Å². The molecule has 1 saturated carbocycles. The number of hydrogen-bond acceptors (Lipinski definition) is 4. The van der Waals surface area contributed by atoms with Crippen molar-refractivity contribution >= 4 is 5.97 Å².